The minimum absolute atomic E-state index is 0.301. The highest BCUT2D eigenvalue weighted by molar-refractivity contribution is 6.34. The van der Waals surface area contributed by atoms with Crippen LogP contribution in [0.5, 0.6) is 0 Å². The Labute approximate surface area is 211 Å². The van der Waals surface area contributed by atoms with E-state index in [0.717, 1.165) is 55.0 Å². The van der Waals surface area contributed by atoms with E-state index < -0.39 is 0 Å². The third-order valence-corrected chi connectivity index (χ3v) is 7.75. The molecule has 182 valence electrons. The highest BCUT2D eigenvalue weighted by Crippen LogP contribution is 2.32. The van der Waals surface area contributed by atoms with Crippen molar-refractivity contribution in [2.24, 2.45) is 16.8 Å². The van der Waals surface area contributed by atoms with Gasteiger partial charge in [-0.25, -0.2) is 9.98 Å². The molecular formula is C26H33Cl2N5O. The summed E-state index contributed by atoms with van der Waals surface area (Å²) in [7, 11) is 0. The fourth-order valence-electron chi connectivity index (χ4n) is 5.54. The molecule has 1 atom stereocenters. The summed E-state index contributed by atoms with van der Waals surface area (Å²) in [6, 6.07) is 5.58. The fraction of sp³-hybridized carbons (Fsp3) is 0.538. The monoisotopic (exact) mass is 501 g/mol. The number of nitrogens with one attached hydrogen (secondary N) is 2. The maximum Gasteiger partial charge on any atom is 0.211 e. The molecule has 1 aromatic heterocycles. The quantitative estimate of drug-likeness (QED) is 0.527. The van der Waals surface area contributed by atoms with E-state index in [1.165, 1.54) is 38.8 Å². The van der Waals surface area contributed by atoms with Crippen LogP contribution in [0.3, 0.4) is 0 Å². The molecule has 3 aliphatic heterocycles. The molecule has 5 rings (SSSR count). The summed E-state index contributed by atoms with van der Waals surface area (Å²) in [6.45, 7) is 4.56. The molecule has 1 unspecified atom stereocenters. The molecule has 2 saturated heterocycles. The van der Waals surface area contributed by atoms with Gasteiger partial charge in [-0.1, -0.05) is 23.2 Å². The molecule has 0 amide bonds. The first-order valence-corrected chi connectivity index (χ1v) is 13.2. The minimum atomic E-state index is -0.301. The summed E-state index contributed by atoms with van der Waals surface area (Å²) in [4.78, 5) is 15.1. The number of aromatic amines is 1. The third-order valence-electron chi connectivity index (χ3n) is 7.31. The van der Waals surface area contributed by atoms with Crippen LogP contribution in [-0.2, 0) is 11.2 Å². The first-order valence-electron chi connectivity index (χ1n) is 12.5. The zero-order valence-electron chi connectivity index (χ0n) is 19.5. The van der Waals surface area contributed by atoms with E-state index in [1.807, 2.05) is 18.3 Å². The number of allylic oxidation sites excluding steroid dienone is 1. The van der Waals surface area contributed by atoms with Gasteiger partial charge >= 0.3 is 0 Å². The van der Waals surface area contributed by atoms with E-state index >= 15 is 0 Å². The molecule has 0 radical (unpaired) electrons. The van der Waals surface area contributed by atoms with Gasteiger partial charge in [0.2, 0.25) is 5.88 Å². The predicted molar refractivity (Wildman–Crippen MR) is 137 cm³/mol. The van der Waals surface area contributed by atoms with Crippen molar-refractivity contribution in [3.63, 3.8) is 0 Å². The van der Waals surface area contributed by atoms with E-state index in [9.17, 15) is 0 Å². The molecule has 4 heterocycles. The van der Waals surface area contributed by atoms with Crippen LogP contribution in [0, 0.1) is 11.8 Å². The lowest BCUT2D eigenvalue weighted by Gasteiger charge is -2.39. The number of hydrogen-bond acceptors (Lipinski definition) is 5. The zero-order valence-corrected chi connectivity index (χ0v) is 21.0. The Balaban J connectivity index is 1.24. The van der Waals surface area contributed by atoms with Gasteiger partial charge in [0.05, 0.1) is 0 Å². The van der Waals surface area contributed by atoms with Gasteiger partial charge in [0.25, 0.3) is 0 Å². The molecule has 3 aliphatic rings. The van der Waals surface area contributed by atoms with Crippen LogP contribution < -0.4 is 5.32 Å². The number of aromatic nitrogens is 2. The van der Waals surface area contributed by atoms with Crippen LogP contribution in [0.25, 0.3) is 0 Å². The lowest BCUT2D eigenvalue weighted by atomic mass is 9.79. The molecule has 2 aromatic rings. The molecular weight excluding hydrogens is 469 g/mol. The number of likely N-dealkylation sites (tertiary alicyclic amines) is 1. The SMILES string of the molecule is Clc1cc(Cl)cc(CC(OC2=CCCC(N3CCC(C4CCNCC4)CC3)=N2)c2ncc[nH]2)c1. The average Bonchev–Trinajstić information content (AvgIpc) is 3.39. The molecule has 0 saturated carbocycles. The molecule has 0 bridgehead atoms. The molecule has 34 heavy (non-hydrogen) atoms. The van der Waals surface area contributed by atoms with Gasteiger partial charge in [-0.15, -0.1) is 0 Å². The molecule has 2 N–H and O–H groups in total. The third kappa shape index (κ3) is 5.96. The summed E-state index contributed by atoms with van der Waals surface area (Å²) >= 11 is 12.4. The number of imidazole rings is 1. The number of aliphatic imine (C=N–C) groups is 1. The number of nitrogens with zero attached hydrogens (tertiary/aromatic N) is 3. The maximum atomic E-state index is 6.42. The van der Waals surface area contributed by atoms with Crippen LogP contribution in [0.1, 0.15) is 56.0 Å². The highest BCUT2D eigenvalue weighted by Gasteiger charge is 2.29. The fourth-order valence-corrected chi connectivity index (χ4v) is 6.11. The average molecular weight is 502 g/mol. The van der Waals surface area contributed by atoms with Crippen LogP contribution in [0.15, 0.2) is 47.5 Å². The second-order valence-electron chi connectivity index (χ2n) is 9.58. The Morgan fingerprint density at radius 3 is 2.47 bits per heavy atom. The highest BCUT2D eigenvalue weighted by atomic mass is 35.5. The van der Waals surface area contributed by atoms with Gasteiger partial charge < -0.3 is 19.9 Å². The standard InChI is InChI=1S/C26H33Cl2N5O/c27-21-14-18(15-22(28)17-21)16-23(26-30-10-11-31-26)34-25-3-1-2-24(32-25)33-12-6-20(7-13-33)19-4-8-29-9-5-19/h3,10-11,14-15,17,19-20,23,29H,1-2,4-9,12-13,16H2,(H,30,31). The van der Waals surface area contributed by atoms with E-state index in [-0.39, 0.29) is 6.10 Å². The van der Waals surface area contributed by atoms with Gasteiger partial charge in [-0.05, 0) is 86.9 Å². The van der Waals surface area contributed by atoms with E-state index in [0.29, 0.717) is 22.3 Å². The molecule has 0 aliphatic carbocycles. The Kier molecular flexibility index (Phi) is 7.77. The van der Waals surface area contributed by atoms with Crippen molar-refractivity contribution in [3.05, 3.63) is 64.0 Å². The van der Waals surface area contributed by atoms with Crippen molar-refractivity contribution in [3.8, 4) is 0 Å². The lowest BCUT2D eigenvalue weighted by molar-refractivity contribution is 0.106. The summed E-state index contributed by atoms with van der Waals surface area (Å²) in [6.07, 6.45) is 13.1. The van der Waals surface area contributed by atoms with Crippen molar-refractivity contribution in [1.82, 2.24) is 20.2 Å². The number of H-pyrrole nitrogens is 1. The van der Waals surface area contributed by atoms with Gasteiger partial charge in [0.1, 0.15) is 11.7 Å². The lowest BCUT2D eigenvalue weighted by Crippen LogP contribution is -2.42. The number of piperidine rings is 2. The topological polar surface area (TPSA) is 65.5 Å². The largest absolute Gasteiger partial charge is 0.466 e. The van der Waals surface area contributed by atoms with Gasteiger partial charge in [0, 0.05) is 48.4 Å². The Morgan fingerprint density at radius 1 is 1.03 bits per heavy atom. The normalized spacial score (nSPS) is 21.2. The number of benzene rings is 1. The van der Waals surface area contributed by atoms with Gasteiger partial charge in [-0.2, -0.15) is 0 Å². The Morgan fingerprint density at radius 2 is 1.76 bits per heavy atom. The van der Waals surface area contributed by atoms with Crippen molar-refractivity contribution < 1.29 is 4.74 Å². The molecule has 2 fully saturated rings. The first-order chi connectivity index (χ1) is 16.6. The number of rotatable bonds is 6. The second-order valence-corrected chi connectivity index (χ2v) is 10.5. The summed E-state index contributed by atoms with van der Waals surface area (Å²) < 4.78 is 6.42. The Hall–Kier alpha value is -2.02. The van der Waals surface area contributed by atoms with Crippen LogP contribution >= 0.6 is 23.2 Å². The minimum Gasteiger partial charge on any atom is -0.466 e. The van der Waals surface area contributed by atoms with Crippen molar-refractivity contribution >= 4 is 29.0 Å². The second kappa shape index (κ2) is 11.1. The predicted octanol–water partition coefficient (Wildman–Crippen LogP) is 5.76. The maximum absolute atomic E-state index is 6.42. The van der Waals surface area contributed by atoms with Crippen molar-refractivity contribution in [2.75, 3.05) is 26.2 Å². The van der Waals surface area contributed by atoms with Gasteiger partial charge in [0.15, 0.2) is 6.10 Å². The van der Waals surface area contributed by atoms with Crippen molar-refractivity contribution in [1.29, 1.82) is 0 Å². The first kappa shape index (κ1) is 23.7. The number of amidine groups is 1. The Bertz CT molecular complexity index is 988. The van der Waals surface area contributed by atoms with Crippen LogP contribution in [0.4, 0.5) is 0 Å². The molecule has 6 nitrogen and oxygen atoms in total. The van der Waals surface area contributed by atoms with E-state index in [1.54, 1.807) is 12.3 Å². The summed E-state index contributed by atoms with van der Waals surface area (Å²) in [5, 5.41) is 4.73. The van der Waals surface area contributed by atoms with Crippen LogP contribution in [-0.4, -0.2) is 46.9 Å². The summed E-state index contributed by atoms with van der Waals surface area (Å²) in [5.74, 6) is 4.36. The number of halogens is 2. The van der Waals surface area contributed by atoms with E-state index in [2.05, 4.69) is 26.3 Å². The number of hydrogen-bond donors (Lipinski definition) is 2. The van der Waals surface area contributed by atoms with Crippen molar-refractivity contribution in [2.45, 2.75) is 51.0 Å². The zero-order chi connectivity index (χ0) is 23.3. The smallest absolute Gasteiger partial charge is 0.211 e. The molecule has 8 heteroatoms. The number of ether oxygens (including phenoxy) is 1. The van der Waals surface area contributed by atoms with Crippen LogP contribution in [0.2, 0.25) is 10.0 Å². The summed E-state index contributed by atoms with van der Waals surface area (Å²) in [5.41, 5.74) is 1.000. The molecule has 0 spiro atoms. The molecule has 1 aromatic carbocycles. The van der Waals surface area contributed by atoms with E-state index in [4.69, 9.17) is 32.9 Å². The van der Waals surface area contributed by atoms with Gasteiger partial charge in [-0.3, -0.25) is 0 Å².